The molecule has 5 atom stereocenters. The predicted molar refractivity (Wildman–Crippen MR) is 181 cm³/mol. The number of ether oxygens (including phenoxy) is 4. The highest BCUT2D eigenvalue weighted by Gasteiger charge is 2.46. The van der Waals surface area contributed by atoms with Crippen LogP contribution in [-0.2, 0) is 19.1 Å². The van der Waals surface area contributed by atoms with Crippen LogP contribution in [-0.4, -0.2) is 84.5 Å². The first kappa shape index (κ1) is 33.5. The van der Waals surface area contributed by atoms with E-state index in [1.807, 2.05) is 54.6 Å². The van der Waals surface area contributed by atoms with Gasteiger partial charge in [-0.05, 0) is 75.6 Å². The lowest BCUT2D eigenvalue weighted by molar-refractivity contribution is -0.140. The SMILES string of the molecule is COc1ccc2c(O[C@@H]3C[C@H]4C(=O)N[C@@H]5C[C@H]5CCCCOCC[C@H](NC(=O)OC(C)(C)C)C(=O)N4C3)nc(-c3ccccc3)cc2c1. The first-order chi connectivity index (χ1) is 23.1. The number of amides is 3. The van der Waals surface area contributed by atoms with E-state index in [-0.39, 0.29) is 43.8 Å². The molecule has 2 aromatic carbocycles. The van der Waals surface area contributed by atoms with Gasteiger partial charge in [0.25, 0.3) is 0 Å². The highest BCUT2D eigenvalue weighted by atomic mass is 16.6. The molecule has 1 aromatic heterocycles. The molecule has 0 bridgehead atoms. The average Bonchev–Trinajstić information content (AvgIpc) is 3.65. The lowest BCUT2D eigenvalue weighted by atomic mass is 10.1. The van der Waals surface area contributed by atoms with Gasteiger partial charge in [-0.3, -0.25) is 9.59 Å². The van der Waals surface area contributed by atoms with E-state index in [0.717, 1.165) is 47.7 Å². The van der Waals surface area contributed by atoms with Crippen LogP contribution in [0.2, 0.25) is 0 Å². The average molecular weight is 659 g/mol. The number of carbonyl (C=O) groups excluding carboxylic acids is 3. The van der Waals surface area contributed by atoms with Crippen molar-refractivity contribution in [1.82, 2.24) is 20.5 Å². The van der Waals surface area contributed by atoms with E-state index in [4.69, 9.17) is 23.9 Å². The third kappa shape index (κ3) is 8.18. The van der Waals surface area contributed by atoms with Gasteiger partial charge in [-0.25, -0.2) is 9.78 Å². The van der Waals surface area contributed by atoms with Crippen molar-refractivity contribution in [3.8, 4) is 22.9 Å². The number of pyridine rings is 1. The summed E-state index contributed by atoms with van der Waals surface area (Å²) in [5, 5.41) is 7.64. The summed E-state index contributed by atoms with van der Waals surface area (Å²) < 4.78 is 23.5. The van der Waals surface area contributed by atoms with Gasteiger partial charge in [-0.15, -0.1) is 0 Å². The minimum absolute atomic E-state index is 0.0966. The zero-order chi connectivity index (χ0) is 33.8. The molecule has 6 rings (SSSR count). The van der Waals surface area contributed by atoms with Gasteiger partial charge in [0, 0.05) is 43.0 Å². The first-order valence-corrected chi connectivity index (χ1v) is 17.0. The van der Waals surface area contributed by atoms with Gasteiger partial charge in [-0.1, -0.05) is 36.8 Å². The third-order valence-electron chi connectivity index (χ3n) is 9.10. The monoisotopic (exact) mass is 658 g/mol. The number of nitrogens with one attached hydrogen (secondary N) is 2. The number of hydrogen-bond donors (Lipinski definition) is 2. The highest BCUT2D eigenvalue weighted by molar-refractivity contribution is 5.93. The number of carbonyl (C=O) groups is 3. The Balaban J connectivity index is 1.30. The Kier molecular flexibility index (Phi) is 10.1. The number of aromatic nitrogens is 1. The summed E-state index contributed by atoms with van der Waals surface area (Å²) in [6.07, 6.45) is 3.17. The molecule has 256 valence electrons. The molecule has 1 saturated carbocycles. The first-order valence-electron chi connectivity index (χ1n) is 17.0. The molecule has 3 amide bonds. The largest absolute Gasteiger partial charge is 0.497 e. The summed E-state index contributed by atoms with van der Waals surface area (Å²) in [6, 6.07) is 15.9. The van der Waals surface area contributed by atoms with Gasteiger partial charge in [0.15, 0.2) is 0 Å². The summed E-state index contributed by atoms with van der Waals surface area (Å²) in [7, 11) is 1.63. The fourth-order valence-corrected chi connectivity index (χ4v) is 6.55. The van der Waals surface area contributed by atoms with E-state index in [1.165, 1.54) is 0 Å². The number of alkyl carbamates (subject to hydrolysis) is 1. The van der Waals surface area contributed by atoms with Crippen LogP contribution in [0.15, 0.2) is 54.6 Å². The van der Waals surface area contributed by atoms with Crippen molar-refractivity contribution < 1.29 is 33.3 Å². The van der Waals surface area contributed by atoms with Crippen molar-refractivity contribution in [2.45, 2.75) is 89.1 Å². The molecule has 0 unspecified atom stereocenters. The molecule has 11 nitrogen and oxygen atoms in total. The second kappa shape index (κ2) is 14.4. The molecule has 3 aromatic rings. The van der Waals surface area contributed by atoms with Crippen LogP contribution in [0.25, 0.3) is 22.0 Å². The van der Waals surface area contributed by atoms with E-state index in [0.29, 0.717) is 24.2 Å². The number of nitrogens with zero attached hydrogens (tertiary/aromatic N) is 2. The zero-order valence-corrected chi connectivity index (χ0v) is 28.2. The van der Waals surface area contributed by atoms with Crippen LogP contribution in [0.4, 0.5) is 4.79 Å². The Morgan fingerprint density at radius 2 is 1.83 bits per heavy atom. The van der Waals surface area contributed by atoms with Crippen LogP contribution in [0, 0.1) is 5.92 Å². The van der Waals surface area contributed by atoms with Gasteiger partial charge in [0.1, 0.15) is 29.5 Å². The molecule has 11 heteroatoms. The molecule has 3 heterocycles. The second-order valence-electron chi connectivity index (χ2n) is 14.0. The van der Waals surface area contributed by atoms with Crippen LogP contribution < -0.4 is 20.1 Å². The van der Waals surface area contributed by atoms with E-state index >= 15 is 0 Å². The molecule has 2 aliphatic heterocycles. The molecule has 2 N–H and O–H groups in total. The van der Waals surface area contributed by atoms with Gasteiger partial charge in [0.05, 0.1) is 19.3 Å². The molecular weight excluding hydrogens is 612 g/mol. The summed E-state index contributed by atoms with van der Waals surface area (Å²) in [6.45, 7) is 6.31. The van der Waals surface area contributed by atoms with Crippen LogP contribution in [0.3, 0.4) is 0 Å². The number of fused-ring (bicyclic) bond motifs is 3. The summed E-state index contributed by atoms with van der Waals surface area (Å²) >= 11 is 0. The highest BCUT2D eigenvalue weighted by Crippen LogP contribution is 2.37. The van der Waals surface area contributed by atoms with Crippen molar-refractivity contribution in [2.75, 3.05) is 26.9 Å². The fraction of sp³-hybridized carbons (Fsp3) is 0.514. The maximum atomic E-state index is 14.3. The van der Waals surface area contributed by atoms with Gasteiger partial charge in [0.2, 0.25) is 17.7 Å². The lowest BCUT2D eigenvalue weighted by Crippen LogP contribution is -2.54. The molecule has 3 aliphatic rings. The maximum Gasteiger partial charge on any atom is 0.408 e. The van der Waals surface area contributed by atoms with Crippen molar-refractivity contribution in [1.29, 1.82) is 0 Å². The number of hydrogen-bond acceptors (Lipinski definition) is 8. The Morgan fingerprint density at radius 3 is 2.60 bits per heavy atom. The quantitative estimate of drug-likeness (QED) is 0.381. The van der Waals surface area contributed by atoms with E-state index in [9.17, 15) is 14.4 Å². The maximum absolute atomic E-state index is 14.3. The molecule has 1 aliphatic carbocycles. The minimum Gasteiger partial charge on any atom is -0.497 e. The lowest BCUT2D eigenvalue weighted by Gasteiger charge is -2.29. The Labute approximate surface area is 281 Å². The summed E-state index contributed by atoms with van der Waals surface area (Å²) in [5.74, 6) is 0.974. The Hall–Kier alpha value is -4.38. The van der Waals surface area contributed by atoms with E-state index < -0.39 is 29.9 Å². The van der Waals surface area contributed by atoms with Gasteiger partial charge < -0.3 is 34.5 Å². The van der Waals surface area contributed by atoms with Crippen LogP contribution in [0.1, 0.15) is 59.3 Å². The minimum atomic E-state index is -0.944. The van der Waals surface area contributed by atoms with Crippen molar-refractivity contribution in [3.63, 3.8) is 0 Å². The second-order valence-corrected chi connectivity index (χ2v) is 14.0. The molecule has 48 heavy (non-hydrogen) atoms. The van der Waals surface area contributed by atoms with Gasteiger partial charge in [-0.2, -0.15) is 0 Å². The number of methoxy groups -OCH3 is 1. The number of benzene rings is 2. The van der Waals surface area contributed by atoms with Crippen molar-refractivity contribution >= 4 is 28.7 Å². The van der Waals surface area contributed by atoms with Crippen molar-refractivity contribution in [3.05, 3.63) is 54.6 Å². The van der Waals surface area contributed by atoms with E-state index in [2.05, 4.69) is 10.6 Å². The third-order valence-corrected chi connectivity index (χ3v) is 9.10. The van der Waals surface area contributed by atoms with Gasteiger partial charge >= 0.3 is 6.09 Å². The molecule has 0 radical (unpaired) electrons. The molecule has 0 spiro atoms. The summed E-state index contributed by atoms with van der Waals surface area (Å²) in [4.78, 5) is 47.4. The number of rotatable bonds is 5. The van der Waals surface area contributed by atoms with Crippen molar-refractivity contribution in [2.24, 2.45) is 5.92 Å². The zero-order valence-electron chi connectivity index (χ0n) is 28.2. The Morgan fingerprint density at radius 1 is 1.02 bits per heavy atom. The molecule has 2 saturated heterocycles. The smallest absolute Gasteiger partial charge is 0.408 e. The fourth-order valence-electron chi connectivity index (χ4n) is 6.55. The topological polar surface area (TPSA) is 128 Å². The molecular formula is C37H46N4O7. The standard InChI is InChI=1S/C37H46N4O7/c1-37(2,3)48-36(44)40-29-15-17-46-16-9-8-12-24-19-31(24)38-33(42)32-21-27(22-41(32)35(29)43)47-34-28-14-13-26(45-4)18-25(28)20-30(39-34)23-10-6-5-7-11-23/h5-7,10-11,13-14,18,20,24,27,29,31-32H,8-9,12,15-17,19,21-22H2,1-4H3,(H,38,42)(H,40,44)/t24-,27-,29+,31-,32+/m1/s1. The summed E-state index contributed by atoms with van der Waals surface area (Å²) in [5.41, 5.74) is 0.917. The predicted octanol–water partition coefficient (Wildman–Crippen LogP) is 5.25. The van der Waals surface area contributed by atoms with Crippen LogP contribution >= 0.6 is 0 Å². The van der Waals surface area contributed by atoms with Crippen LogP contribution in [0.5, 0.6) is 11.6 Å². The normalized spacial score (nSPS) is 25.2. The molecule has 3 fully saturated rings. The Bertz CT molecular complexity index is 1630. The van der Waals surface area contributed by atoms with E-state index in [1.54, 1.807) is 32.8 Å².